The number of amides is 2. The van der Waals surface area contributed by atoms with E-state index in [0.29, 0.717) is 0 Å². The van der Waals surface area contributed by atoms with Gasteiger partial charge in [-0.2, -0.15) is 4.90 Å². The number of hydrogen-bond acceptors (Lipinski definition) is 4. The van der Waals surface area contributed by atoms with Crippen LogP contribution in [-0.2, 0) is 10.2 Å². The summed E-state index contributed by atoms with van der Waals surface area (Å²) in [5, 5.41) is 9.21. The Morgan fingerprint density at radius 2 is 1.67 bits per heavy atom. The minimum absolute atomic E-state index is 0.126. The maximum atomic E-state index is 14.6. The molecule has 0 radical (unpaired) electrons. The van der Waals surface area contributed by atoms with Crippen molar-refractivity contribution in [3.63, 3.8) is 0 Å². The molecule has 1 aromatic carbocycles. The van der Waals surface area contributed by atoms with Crippen LogP contribution in [0.2, 0.25) is 0 Å². The van der Waals surface area contributed by atoms with Gasteiger partial charge in [-0.3, -0.25) is 0 Å². The number of anilines is 2. The number of imide groups is 1. The number of halogens is 2. The van der Waals surface area contributed by atoms with Gasteiger partial charge in [0.2, 0.25) is 0 Å². The molecule has 6 nitrogen and oxygen atoms in total. The van der Waals surface area contributed by atoms with Crippen molar-refractivity contribution in [2.24, 2.45) is 0 Å². The monoisotopic (exact) mass is 344 g/mol. The maximum absolute atomic E-state index is 14.6. The van der Waals surface area contributed by atoms with Crippen molar-refractivity contribution in [3.05, 3.63) is 23.3 Å². The third kappa shape index (κ3) is 4.12. The third-order valence-corrected chi connectivity index (χ3v) is 3.03. The smallest absolute Gasteiger partial charge is 0.424 e. The van der Waals surface area contributed by atoms with E-state index < -0.39 is 46.2 Å². The number of nitrogens with zero attached hydrogens (tertiary/aromatic N) is 1. The average Bonchev–Trinajstić information content (AvgIpc) is 2.34. The summed E-state index contributed by atoms with van der Waals surface area (Å²) in [5.41, 5.74) is 2.63. The summed E-state index contributed by atoms with van der Waals surface area (Å²) in [6.07, 6.45) is -3.30. The summed E-state index contributed by atoms with van der Waals surface area (Å²) >= 11 is 0. The van der Waals surface area contributed by atoms with Gasteiger partial charge in [-0.05, 0) is 37.8 Å². The SMILES string of the molecule is CC(C)(C)OC(=O)N(C(=O)O)c1c(F)cc(C(C)(C)C)c(N)c1F. The molecule has 0 saturated heterocycles. The Hall–Kier alpha value is -2.38. The highest BCUT2D eigenvalue weighted by atomic mass is 19.1. The highest BCUT2D eigenvalue weighted by Crippen LogP contribution is 2.37. The van der Waals surface area contributed by atoms with Gasteiger partial charge in [0.1, 0.15) is 11.3 Å². The van der Waals surface area contributed by atoms with Crippen LogP contribution >= 0.6 is 0 Å². The molecule has 8 heteroatoms. The van der Waals surface area contributed by atoms with Gasteiger partial charge in [-0.25, -0.2) is 18.4 Å². The van der Waals surface area contributed by atoms with Gasteiger partial charge in [0.15, 0.2) is 11.6 Å². The minimum atomic E-state index is -1.88. The normalized spacial score (nSPS) is 12.0. The number of rotatable bonds is 1. The molecule has 0 atom stereocenters. The first kappa shape index (κ1) is 19.7. The van der Waals surface area contributed by atoms with E-state index in [2.05, 4.69) is 0 Å². The second kappa shape index (κ2) is 6.26. The minimum Gasteiger partial charge on any atom is -0.464 e. The first-order chi connectivity index (χ1) is 10.7. The zero-order chi connectivity index (χ0) is 19.0. The third-order valence-electron chi connectivity index (χ3n) is 3.03. The van der Waals surface area contributed by atoms with E-state index in [1.165, 1.54) is 20.8 Å². The summed E-state index contributed by atoms with van der Waals surface area (Å²) in [4.78, 5) is 23.3. The van der Waals surface area contributed by atoms with E-state index in [9.17, 15) is 23.5 Å². The number of carbonyl (C=O) groups excluding carboxylic acids is 1. The van der Waals surface area contributed by atoms with Gasteiger partial charge < -0.3 is 15.6 Å². The summed E-state index contributed by atoms with van der Waals surface area (Å²) in [5.74, 6) is -2.55. The number of benzene rings is 1. The molecule has 3 N–H and O–H groups in total. The highest BCUT2D eigenvalue weighted by Gasteiger charge is 2.35. The van der Waals surface area contributed by atoms with Gasteiger partial charge >= 0.3 is 12.2 Å². The highest BCUT2D eigenvalue weighted by molar-refractivity contribution is 6.09. The second-order valence-corrected chi connectivity index (χ2v) is 7.33. The van der Waals surface area contributed by atoms with E-state index in [-0.39, 0.29) is 10.5 Å². The van der Waals surface area contributed by atoms with Crippen molar-refractivity contribution in [3.8, 4) is 0 Å². The van der Waals surface area contributed by atoms with E-state index in [0.717, 1.165) is 6.07 Å². The largest absolute Gasteiger partial charge is 0.464 e. The molecule has 0 aliphatic rings. The van der Waals surface area contributed by atoms with Gasteiger partial charge in [0.05, 0.1) is 5.69 Å². The van der Waals surface area contributed by atoms with Crippen LogP contribution in [0.25, 0.3) is 0 Å². The lowest BCUT2D eigenvalue weighted by Crippen LogP contribution is -2.41. The molecule has 0 heterocycles. The van der Waals surface area contributed by atoms with Gasteiger partial charge in [0.25, 0.3) is 0 Å². The van der Waals surface area contributed by atoms with Crippen molar-refractivity contribution in [2.75, 3.05) is 10.6 Å². The molecule has 0 aromatic heterocycles. The molecule has 0 spiro atoms. The molecule has 0 fully saturated rings. The summed E-state index contributed by atoms with van der Waals surface area (Å²) in [6.45, 7) is 9.57. The lowest BCUT2D eigenvalue weighted by atomic mass is 9.85. The van der Waals surface area contributed by atoms with Crippen molar-refractivity contribution >= 4 is 23.6 Å². The molecular weight excluding hydrogens is 322 g/mol. The number of carbonyl (C=O) groups is 2. The molecule has 0 bridgehead atoms. The fourth-order valence-electron chi connectivity index (χ4n) is 2.02. The van der Waals surface area contributed by atoms with Crippen LogP contribution < -0.4 is 10.6 Å². The number of nitrogens with two attached hydrogens (primary N) is 1. The maximum Gasteiger partial charge on any atom is 0.424 e. The van der Waals surface area contributed by atoms with Crippen LogP contribution in [0.1, 0.15) is 47.1 Å². The molecule has 2 amide bonds. The molecule has 0 saturated carbocycles. The predicted octanol–water partition coefficient (Wildman–Crippen LogP) is 4.26. The Labute approximate surface area is 139 Å². The fraction of sp³-hybridized carbons (Fsp3) is 0.500. The Morgan fingerprint density at radius 1 is 1.17 bits per heavy atom. The van der Waals surface area contributed by atoms with Gasteiger partial charge in [-0.1, -0.05) is 20.8 Å². The first-order valence-electron chi connectivity index (χ1n) is 7.20. The van der Waals surface area contributed by atoms with Crippen LogP contribution in [0.4, 0.5) is 29.7 Å². The Bertz CT molecular complexity index is 676. The predicted molar refractivity (Wildman–Crippen MR) is 86.2 cm³/mol. The zero-order valence-electron chi connectivity index (χ0n) is 14.5. The average molecular weight is 344 g/mol. The Kier molecular flexibility index (Phi) is 5.13. The van der Waals surface area contributed by atoms with Crippen LogP contribution in [0.5, 0.6) is 0 Å². The van der Waals surface area contributed by atoms with Crippen LogP contribution in [0.3, 0.4) is 0 Å². The van der Waals surface area contributed by atoms with Crippen molar-refractivity contribution in [1.29, 1.82) is 0 Å². The molecule has 0 aliphatic heterocycles. The molecule has 0 unspecified atom stereocenters. The quantitative estimate of drug-likeness (QED) is 0.742. The fourth-order valence-corrected chi connectivity index (χ4v) is 2.02. The van der Waals surface area contributed by atoms with E-state index in [1.54, 1.807) is 20.8 Å². The lowest BCUT2D eigenvalue weighted by Gasteiger charge is -2.27. The molecule has 1 aromatic rings. The molecule has 1 rings (SSSR count). The van der Waals surface area contributed by atoms with Crippen molar-refractivity contribution < 1.29 is 28.2 Å². The number of hydrogen-bond donors (Lipinski definition) is 2. The summed E-state index contributed by atoms with van der Waals surface area (Å²) in [7, 11) is 0. The Morgan fingerprint density at radius 3 is 2.04 bits per heavy atom. The summed E-state index contributed by atoms with van der Waals surface area (Å²) < 4.78 is 33.9. The zero-order valence-corrected chi connectivity index (χ0v) is 14.5. The van der Waals surface area contributed by atoms with E-state index in [1.807, 2.05) is 0 Å². The van der Waals surface area contributed by atoms with Crippen molar-refractivity contribution in [1.82, 2.24) is 0 Å². The lowest BCUT2D eigenvalue weighted by molar-refractivity contribution is 0.0579. The molecule has 24 heavy (non-hydrogen) atoms. The first-order valence-corrected chi connectivity index (χ1v) is 7.20. The topological polar surface area (TPSA) is 92.9 Å². The van der Waals surface area contributed by atoms with E-state index >= 15 is 0 Å². The second-order valence-electron chi connectivity index (χ2n) is 7.33. The molecule has 134 valence electrons. The van der Waals surface area contributed by atoms with Gasteiger partial charge in [-0.15, -0.1) is 0 Å². The van der Waals surface area contributed by atoms with Crippen LogP contribution in [0, 0.1) is 11.6 Å². The number of nitrogen functional groups attached to an aromatic ring is 1. The van der Waals surface area contributed by atoms with E-state index in [4.69, 9.17) is 10.5 Å². The standard InChI is InChI=1S/C16H22F2N2O4/c1-15(2,3)8-7-9(17)12(10(18)11(8)19)20(13(21)22)14(23)24-16(4,5)6/h7H,19H2,1-6H3,(H,21,22). The number of carboxylic acid groups (broad SMARTS) is 1. The van der Waals surface area contributed by atoms with Crippen LogP contribution in [0.15, 0.2) is 6.07 Å². The van der Waals surface area contributed by atoms with Gasteiger partial charge in [0, 0.05) is 0 Å². The Balaban J connectivity index is 3.55. The number of ether oxygens (including phenoxy) is 1. The molecular formula is C16H22F2N2O4. The van der Waals surface area contributed by atoms with Crippen molar-refractivity contribution in [2.45, 2.75) is 52.6 Å². The van der Waals surface area contributed by atoms with Crippen LogP contribution in [-0.4, -0.2) is 22.9 Å². The molecule has 0 aliphatic carbocycles. The summed E-state index contributed by atoms with van der Waals surface area (Å²) in [6, 6.07) is 0.925.